The van der Waals surface area contributed by atoms with Gasteiger partial charge in [0.05, 0.1) is 11.8 Å². The molecule has 15 heteroatoms. The first-order valence-electron chi connectivity index (χ1n) is 10.4. The molecule has 31 heavy (non-hydrogen) atoms. The van der Waals surface area contributed by atoms with Crippen LogP contribution in [0.5, 0.6) is 0 Å². The Hall–Kier alpha value is -2.07. The number of hydrogen-bond donors (Lipinski definition) is 6. The highest BCUT2D eigenvalue weighted by Gasteiger charge is 2.81. The third-order valence-corrected chi connectivity index (χ3v) is 5.05. The van der Waals surface area contributed by atoms with Crippen molar-refractivity contribution >= 4 is 35.0 Å². The van der Waals surface area contributed by atoms with Crippen LogP contribution in [0.3, 0.4) is 0 Å². The molecule has 6 N–H and O–H groups in total. The van der Waals surface area contributed by atoms with Crippen LogP contribution in [0.1, 0.15) is 31.7 Å². The second-order valence-corrected chi connectivity index (χ2v) is 7.17. The Bertz CT molecular complexity index is 852. The second kappa shape index (κ2) is 8.82. The van der Waals surface area contributed by atoms with Gasteiger partial charge < -0.3 is 35.6 Å². The van der Waals surface area contributed by atoms with Gasteiger partial charge in [0.2, 0.25) is 17.1 Å². The van der Waals surface area contributed by atoms with Gasteiger partial charge in [-0.25, -0.2) is 4.79 Å². The fraction of sp³-hybridized carbons (Fsp3) is 0.750. The fourth-order valence-electron chi connectivity index (χ4n) is 3.16. The summed E-state index contributed by atoms with van der Waals surface area (Å²) in [5.41, 5.74) is -12.1. The van der Waals surface area contributed by atoms with Crippen LogP contribution >= 0.6 is 11.6 Å². The van der Waals surface area contributed by atoms with E-state index in [1.807, 2.05) is 0 Å². The van der Waals surface area contributed by atoms with E-state index in [-0.39, 0.29) is 10.9 Å². The summed E-state index contributed by atoms with van der Waals surface area (Å²) in [4.78, 5) is 60.8. The largest absolute Gasteiger partial charge is 0.382 e. The quantitative estimate of drug-likeness (QED) is 0.0922. The van der Waals surface area contributed by atoms with Gasteiger partial charge in [0.15, 0.2) is 23.0 Å². The standard InChI is InChI=1S/C16H24ClN3O11/c1-7(21)10(24)11-14(27,8(2)22)15(28,9(3)23)16(29,13(4,26)31-11)18-12(25)20(19-30)6-5-17/h10-11,24,26-29H,5-6H2,1-4H3,(H,18,25)/t10?,11-,13?,14-,15+,16+/m1/s1/i1D,2D,3D. The molecule has 0 saturated carbocycles. The van der Waals surface area contributed by atoms with Crippen molar-refractivity contribution in [2.24, 2.45) is 5.29 Å². The minimum Gasteiger partial charge on any atom is -0.382 e. The molecule has 1 rings (SSSR count). The molecule has 1 fully saturated rings. The predicted octanol–water partition coefficient (Wildman–Crippen LogP) is -2.70. The van der Waals surface area contributed by atoms with Crippen LogP contribution in [0.25, 0.3) is 0 Å². The summed E-state index contributed by atoms with van der Waals surface area (Å²) in [6.07, 6.45) is -5.46. The summed E-state index contributed by atoms with van der Waals surface area (Å²) in [5.74, 6) is -9.06. The zero-order valence-corrected chi connectivity index (χ0v) is 16.9. The molecule has 0 aromatic heterocycles. The van der Waals surface area contributed by atoms with E-state index in [9.17, 15) is 49.6 Å². The maximum atomic E-state index is 12.8. The highest BCUT2D eigenvalue weighted by molar-refractivity contribution is 6.18. The highest BCUT2D eigenvalue weighted by Crippen LogP contribution is 2.49. The first-order chi connectivity index (χ1) is 15.6. The number of aliphatic hydroxyl groups is 5. The van der Waals surface area contributed by atoms with E-state index in [4.69, 9.17) is 20.5 Å². The number of rotatable bonds is 8. The Balaban J connectivity index is 3.98. The van der Waals surface area contributed by atoms with E-state index in [1.165, 1.54) is 5.32 Å². The zero-order chi connectivity index (χ0) is 26.7. The topological polar surface area (TPSA) is 223 Å². The van der Waals surface area contributed by atoms with Crippen molar-refractivity contribution in [3.05, 3.63) is 4.91 Å². The summed E-state index contributed by atoms with van der Waals surface area (Å²) in [6.45, 7) is -4.28. The number of amides is 2. The van der Waals surface area contributed by atoms with E-state index in [2.05, 4.69) is 5.29 Å². The molecule has 1 aliphatic heterocycles. The van der Waals surface area contributed by atoms with Crippen LogP contribution in [-0.4, -0.2) is 101 Å². The highest BCUT2D eigenvalue weighted by atomic mass is 35.5. The molecule has 2 unspecified atom stereocenters. The number of carbonyl (C=O) groups excluding carboxylic acids is 4. The molecule has 1 saturated heterocycles. The van der Waals surface area contributed by atoms with Crippen LogP contribution in [0.2, 0.25) is 0 Å². The Morgan fingerprint density at radius 2 is 1.77 bits per heavy atom. The van der Waals surface area contributed by atoms with Crippen LogP contribution < -0.4 is 5.32 Å². The third kappa shape index (κ3) is 3.84. The lowest BCUT2D eigenvalue weighted by atomic mass is 9.62. The van der Waals surface area contributed by atoms with Crippen molar-refractivity contribution in [2.75, 3.05) is 12.4 Å². The molecule has 1 aliphatic rings. The van der Waals surface area contributed by atoms with Crippen molar-refractivity contribution in [3.63, 3.8) is 0 Å². The van der Waals surface area contributed by atoms with E-state index in [0.29, 0.717) is 6.92 Å². The number of ether oxygens (including phenoxy) is 1. The van der Waals surface area contributed by atoms with Crippen LogP contribution in [-0.2, 0) is 19.1 Å². The summed E-state index contributed by atoms with van der Waals surface area (Å²) in [5, 5.41) is 58.7. The first-order valence-corrected chi connectivity index (χ1v) is 8.85. The summed E-state index contributed by atoms with van der Waals surface area (Å²) >= 11 is 5.42. The number of Topliss-reactive ketones (excluding diaryl/α,β-unsaturated/α-hetero) is 3. The van der Waals surface area contributed by atoms with Crippen LogP contribution in [0, 0.1) is 4.91 Å². The van der Waals surface area contributed by atoms with Crippen molar-refractivity contribution in [2.45, 2.75) is 62.5 Å². The fourth-order valence-corrected chi connectivity index (χ4v) is 3.32. The van der Waals surface area contributed by atoms with Crippen LogP contribution in [0.4, 0.5) is 4.79 Å². The molecule has 1 heterocycles. The first kappa shape index (κ1) is 22.1. The monoisotopic (exact) mass is 472 g/mol. The summed E-state index contributed by atoms with van der Waals surface area (Å²) in [7, 11) is 0. The van der Waals surface area contributed by atoms with Gasteiger partial charge in [0, 0.05) is 9.99 Å². The molecule has 0 radical (unpaired) electrons. The zero-order valence-electron chi connectivity index (χ0n) is 19.1. The molecule has 14 nitrogen and oxygen atoms in total. The average Bonchev–Trinajstić information content (AvgIpc) is 2.81. The van der Waals surface area contributed by atoms with E-state index >= 15 is 0 Å². The molecule has 0 aromatic rings. The number of nitrogens with zero attached hydrogens (tertiary/aromatic N) is 2. The molecule has 0 aliphatic carbocycles. The number of urea groups is 1. The maximum Gasteiger partial charge on any atom is 0.342 e. The van der Waals surface area contributed by atoms with Crippen molar-refractivity contribution in [3.8, 4) is 0 Å². The Morgan fingerprint density at radius 3 is 2.23 bits per heavy atom. The van der Waals surface area contributed by atoms with Gasteiger partial charge in [0.25, 0.3) is 0 Å². The minimum atomic E-state index is -4.17. The maximum absolute atomic E-state index is 12.8. The lowest BCUT2D eigenvalue weighted by Gasteiger charge is -2.61. The summed E-state index contributed by atoms with van der Waals surface area (Å²) in [6, 6.07) is -1.74. The van der Waals surface area contributed by atoms with Gasteiger partial charge >= 0.3 is 6.03 Å². The van der Waals surface area contributed by atoms with E-state index in [1.54, 1.807) is 0 Å². The predicted molar refractivity (Wildman–Crippen MR) is 100 cm³/mol. The Morgan fingerprint density at radius 1 is 1.19 bits per heavy atom. The molecule has 2 amide bonds. The number of aliphatic hydroxyl groups excluding tert-OH is 1. The van der Waals surface area contributed by atoms with Gasteiger partial charge in [-0.2, -0.15) is 5.01 Å². The molecular weight excluding hydrogens is 446 g/mol. The number of alkyl halides is 1. The summed E-state index contributed by atoms with van der Waals surface area (Å²) < 4.78 is 26.7. The van der Waals surface area contributed by atoms with Crippen molar-refractivity contribution in [1.29, 1.82) is 0 Å². The van der Waals surface area contributed by atoms with Gasteiger partial charge in [-0.05, 0) is 27.6 Å². The minimum absolute atomic E-state index is 0.0164. The molecule has 6 atom stereocenters. The number of ketones is 3. The lowest BCUT2D eigenvalue weighted by Crippen LogP contribution is -2.92. The van der Waals surface area contributed by atoms with Crippen molar-refractivity contribution in [1.82, 2.24) is 10.3 Å². The Kier molecular flexibility index (Phi) is 6.30. The molecule has 176 valence electrons. The average molecular weight is 473 g/mol. The Labute approximate surface area is 184 Å². The molecular formula is C16H24ClN3O11. The third-order valence-electron chi connectivity index (χ3n) is 4.88. The van der Waals surface area contributed by atoms with E-state index in [0.717, 1.165) is 0 Å². The number of halogens is 1. The molecule has 0 spiro atoms. The number of nitroso groups, excluding NO2 is 1. The second-order valence-electron chi connectivity index (χ2n) is 6.79. The smallest absolute Gasteiger partial charge is 0.342 e. The van der Waals surface area contributed by atoms with E-state index < -0.39 is 85.5 Å². The normalized spacial score (nSPS) is 37.5. The van der Waals surface area contributed by atoms with Crippen molar-refractivity contribution < 1.29 is 53.6 Å². The van der Waals surface area contributed by atoms with Gasteiger partial charge in [-0.1, -0.05) is 0 Å². The molecule has 0 bridgehead atoms. The SMILES string of the molecule is [2H]CC(=O)C(O)[C@H]1OC(C)(O)[C@@](O)(NC(=O)N(CCCl)N=O)[C@](O)(C(=O)C[2H])[C@@]1(O)C(=O)C[2H]. The number of nitrogens with one attached hydrogen (secondary N) is 1. The molecule has 0 aromatic carbocycles. The number of carbonyl (C=O) groups is 4. The van der Waals surface area contributed by atoms with Gasteiger partial charge in [-0.15, -0.1) is 16.5 Å². The van der Waals surface area contributed by atoms with Gasteiger partial charge in [-0.3, -0.25) is 14.4 Å². The van der Waals surface area contributed by atoms with Crippen LogP contribution in [0.15, 0.2) is 5.29 Å². The van der Waals surface area contributed by atoms with Gasteiger partial charge in [0.1, 0.15) is 12.2 Å². The lowest BCUT2D eigenvalue weighted by molar-refractivity contribution is -0.423. The number of hydrogen-bond acceptors (Lipinski definition) is 12.